The molecular weight excluding hydrogens is 349 g/mol. The van der Waals surface area contributed by atoms with E-state index in [1.807, 2.05) is 42.5 Å². The fraction of sp³-hybridized carbons (Fsp3) is 0.0909. The summed E-state index contributed by atoms with van der Waals surface area (Å²) in [6.07, 6.45) is 4.27. The van der Waals surface area contributed by atoms with E-state index in [2.05, 4.69) is 53.9 Å². The second kappa shape index (κ2) is 8.87. The second-order valence-corrected chi connectivity index (χ2v) is 6.68. The summed E-state index contributed by atoms with van der Waals surface area (Å²) in [7, 11) is 0. The highest BCUT2D eigenvalue weighted by atomic mass is 35.5. The van der Waals surface area contributed by atoms with Crippen molar-refractivity contribution >= 4 is 29.3 Å². The Labute approximate surface area is 158 Å². The molecule has 3 heteroatoms. The van der Waals surface area contributed by atoms with Gasteiger partial charge in [0, 0.05) is 16.6 Å². The van der Waals surface area contributed by atoms with Crippen LogP contribution < -0.4 is 5.32 Å². The molecule has 0 radical (unpaired) electrons. The Balaban J connectivity index is 1.78. The van der Waals surface area contributed by atoms with Crippen LogP contribution in [0.1, 0.15) is 22.7 Å². The van der Waals surface area contributed by atoms with E-state index in [4.69, 9.17) is 23.2 Å². The molecule has 126 valence electrons. The van der Waals surface area contributed by atoms with Crippen molar-refractivity contribution in [2.75, 3.05) is 0 Å². The lowest BCUT2D eigenvalue weighted by molar-refractivity contribution is 0.623. The molecule has 0 fully saturated rings. The molecule has 0 aliphatic rings. The van der Waals surface area contributed by atoms with Crippen molar-refractivity contribution in [3.63, 3.8) is 0 Å². The van der Waals surface area contributed by atoms with Gasteiger partial charge < -0.3 is 5.32 Å². The monoisotopic (exact) mass is 367 g/mol. The van der Waals surface area contributed by atoms with Gasteiger partial charge in [-0.25, -0.2) is 0 Å². The largest absolute Gasteiger partial charge is 0.303 e. The van der Waals surface area contributed by atoms with Crippen molar-refractivity contribution in [1.82, 2.24) is 5.32 Å². The minimum atomic E-state index is 0.0909. The number of benzene rings is 3. The average Bonchev–Trinajstić information content (AvgIpc) is 2.65. The second-order valence-electron chi connectivity index (χ2n) is 5.81. The van der Waals surface area contributed by atoms with Gasteiger partial charge in [0.2, 0.25) is 0 Å². The number of hydrogen-bond acceptors (Lipinski definition) is 1. The summed E-state index contributed by atoms with van der Waals surface area (Å²) in [4.78, 5) is 0. The Morgan fingerprint density at radius 2 is 1.36 bits per heavy atom. The average molecular weight is 368 g/mol. The fourth-order valence-electron chi connectivity index (χ4n) is 2.57. The van der Waals surface area contributed by atoms with E-state index in [1.165, 1.54) is 11.1 Å². The van der Waals surface area contributed by atoms with Crippen molar-refractivity contribution in [2.45, 2.75) is 12.6 Å². The number of halogens is 2. The van der Waals surface area contributed by atoms with E-state index >= 15 is 0 Å². The summed E-state index contributed by atoms with van der Waals surface area (Å²) in [5, 5.41) is 5.08. The van der Waals surface area contributed by atoms with Gasteiger partial charge >= 0.3 is 0 Å². The summed E-state index contributed by atoms with van der Waals surface area (Å²) in [5.74, 6) is 0. The van der Waals surface area contributed by atoms with E-state index in [1.54, 1.807) is 0 Å². The zero-order chi connectivity index (χ0) is 17.5. The van der Waals surface area contributed by atoms with Gasteiger partial charge in [-0.05, 0) is 41.0 Å². The van der Waals surface area contributed by atoms with Gasteiger partial charge in [-0.15, -0.1) is 0 Å². The minimum Gasteiger partial charge on any atom is -0.303 e. The van der Waals surface area contributed by atoms with Gasteiger partial charge in [0.1, 0.15) is 0 Å². The summed E-state index contributed by atoms with van der Waals surface area (Å²) in [6.45, 7) is 0.791. The van der Waals surface area contributed by atoms with Gasteiger partial charge in [-0.1, -0.05) is 90.0 Å². The third kappa shape index (κ3) is 5.47. The zero-order valence-electron chi connectivity index (χ0n) is 13.7. The van der Waals surface area contributed by atoms with Crippen LogP contribution in [0.25, 0.3) is 6.08 Å². The van der Waals surface area contributed by atoms with Crippen LogP contribution in [0.3, 0.4) is 0 Å². The SMILES string of the molecule is Clc1ccc(/C=C/[C@H](NCc2ccccc2)c2ccc(Cl)cc2)cc1. The summed E-state index contributed by atoms with van der Waals surface area (Å²) < 4.78 is 0. The van der Waals surface area contributed by atoms with Crippen LogP contribution in [0.4, 0.5) is 0 Å². The summed E-state index contributed by atoms with van der Waals surface area (Å²) >= 11 is 12.0. The quantitative estimate of drug-likeness (QED) is 0.521. The molecule has 0 aromatic heterocycles. The molecule has 25 heavy (non-hydrogen) atoms. The molecule has 0 amide bonds. The first kappa shape index (κ1) is 17.8. The molecule has 0 unspecified atom stereocenters. The van der Waals surface area contributed by atoms with Crippen molar-refractivity contribution in [1.29, 1.82) is 0 Å². The van der Waals surface area contributed by atoms with Crippen molar-refractivity contribution in [2.24, 2.45) is 0 Å². The maximum absolute atomic E-state index is 6.03. The molecule has 0 aliphatic carbocycles. The predicted octanol–water partition coefficient (Wildman–Crippen LogP) is 6.54. The van der Waals surface area contributed by atoms with E-state index in [0.29, 0.717) is 0 Å². The molecule has 1 atom stereocenters. The van der Waals surface area contributed by atoms with Gasteiger partial charge in [0.15, 0.2) is 0 Å². The molecule has 0 spiro atoms. The van der Waals surface area contributed by atoms with Gasteiger partial charge in [-0.3, -0.25) is 0 Å². The van der Waals surface area contributed by atoms with Crippen LogP contribution in [-0.2, 0) is 6.54 Å². The lowest BCUT2D eigenvalue weighted by atomic mass is 10.0. The maximum atomic E-state index is 6.03. The van der Waals surface area contributed by atoms with E-state index in [-0.39, 0.29) is 6.04 Å². The van der Waals surface area contributed by atoms with Crippen LogP contribution in [0.2, 0.25) is 10.0 Å². The lowest BCUT2D eigenvalue weighted by Gasteiger charge is -2.16. The summed E-state index contributed by atoms with van der Waals surface area (Å²) in [5.41, 5.74) is 3.54. The van der Waals surface area contributed by atoms with Crippen molar-refractivity contribution in [3.05, 3.63) is 112 Å². The highest BCUT2D eigenvalue weighted by Gasteiger charge is 2.07. The Morgan fingerprint density at radius 3 is 2.00 bits per heavy atom. The molecular formula is C22H19Cl2N. The first-order chi connectivity index (χ1) is 12.2. The highest BCUT2D eigenvalue weighted by molar-refractivity contribution is 6.30. The van der Waals surface area contributed by atoms with E-state index < -0.39 is 0 Å². The van der Waals surface area contributed by atoms with Crippen LogP contribution >= 0.6 is 23.2 Å². The standard InChI is InChI=1S/C22H19Cl2N/c23-20-11-6-17(7-12-20)8-15-22(19-9-13-21(24)14-10-19)25-16-18-4-2-1-3-5-18/h1-15,22,25H,16H2/b15-8+/t22-/m0/s1. The zero-order valence-corrected chi connectivity index (χ0v) is 15.2. The molecule has 3 aromatic rings. The number of hydrogen-bond donors (Lipinski definition) is 1. The van der Waals surface area contributed by atoms with Crippen LogP contribution in [0.15, 0.2) is 84.9 Å². The molecule has 0 bridgehead atoms. The first-order valence-corrected chi connectivity index (χ1v) is 8.93. The Bertz CT molecular complexity index is 809. The van der Waals surface area contributed by atoms with Crippen molar-refractivity contribution in [3.8, 4) is 0 Å². The third-order valence-electron chi connectivity index (χ3n) is 3.95. The number of nitrogens with one attached hydrogen (secondary N) is 1. The van der Waals surface area contributed by atoms with Crippen LogP contribution in [-0.4, -0.2) is 0 Å². The Morgan fingerprint density at radius 1 is 0.760 bits per heavy atom. The first-order valence-electron chi connectivity index (χ1n) is 8.17. The van der Waals surface area contributed by atoms with Gasteiger partial charge in [-0.2, -0.15) is 0 Å². The normalized spacial score (nSPS) is 12.4. The molecule has 0 aliphatic heterocycles. The van der Waals surface area contributed by atoms with Gasteiger partial charge in [0.25, 0.3) is 0 Å². The van der Waals surface area contributed by atoms with E-state index in [0.717, 1.165) is 22.2 Å². The molecule has 1 N–H and O–H groups in total. The summed E-state index contributed by atoms with van der Waals surface area (Å²) in [6, 6.07) is 26.2. The predicted molar refractivity (Wildman–Crippen MR) is 108 cm³/mol. The Kier molecular flexibility index (Phi) is 6.30. The van der Waals surface area contributed by atoms with Crippen LogP contribution in [0.5, 0.6) is 0 Å². The maximum Gasteiger partial charge on any atom is 0.0512 e. The molecule has 3 rings (SSSR count). The third-order valence-corrected chi connectivity index (χ3v) is 4.45. The fourth-order valence-corrected chi connectivity index (χ4v) is 2.82. The topological polar surface area (TPSA) is 12.0 Å². The molecule has 3 aromatic carbocycles. The Hall–Kier alpha value is -2.06. The lowest BCUT2D eigenvalue weighted by Crippen LogP contribution is -2.19. The number of rotatable bonds is 6. The van der Waals surface area contributed by atoms with E-state index in [9.17, 15) is 0 Å². The molecule has 1 nitrogen and oxygen atoms in total. The van der Waals surface area contributed by atoms with Crippen molar-refractivity contribution < 1.29 is 0 Å². The van der Waals surface area contributed by atoms with Gasteiger partial charge in [0.05, 0.1) is 6.04 Å². The molecule has 0 heterocycles. The molecule has 0 saturated carbocycles. The minimum absolute atomic E-state index is 0.0909. The smallest absolute Gasteiger partial charge is 0.0512 e. The molecule has 0 saturated heterocycles. The highest BCUT2D eigenvalue weighted by Crippen LogP contribution is 2.20. The van der Waals surface area contributed by atoms with Crippen LogP contribution in [0, 0.1) is 0 Å².